The van der Waals surface area contributed by atoms with Crippen LogP contribution >= 0.6 is 0 Å². The van der Waals surface area contributed by atoms with Crippen molar-refractivity contribution in [3.8, 4) is 0 Å². The summed E-state index contributed by atoms with van der Waals surface area (Å²) < 4.78 is 0. The topological polar surface area (TPSA) is 52.6 Å². The van der Waals surface area contributed by atoms with Gasteiger partial charge in [0.05, 0.1) is 5.60 Å². The van der Waals surface area contributed by atoms with Crippen molar-refractivity contribution >= 4 is 5.91 Å². The number of likely N-dealkylation sites (tertiary alicyclic amines) is 1. The van der Waals surface area contributed by atoms with E-state index in [2.05, 4.69) is 17.1 Å². The quantitative estimate of drug-likeness (QED) is 0.863. The Balaban J connectivity index is 1.40. The van der Waals surface area contributed by atoms with Gasteiger partial charge in [0.2, 0.25) is 5.91 Å². The number of carbonyl (C=O) groups is 1. The molecule has 1 saturated heterocycles. The lowest BCUT2D eigenvalue weighted by Crippen LogP contribution is -2.49. The number of piperidine rings is 1. The van der Waals surface area contributed by atoms with Gasteiger partial charge in [0.15, 0.2) is 0 Å². The predicted octanol–water partition coefficient (Wildman–Crippen LogP) is 2.96. The van der Waals surface area contributed by atoms with Crippen LogP contribution in [0, 0.1) is 11.8 Å². The minimum Gasteiger partial charge on any atom is -0.389 e. The van der Waals surface area contributed by atoms with Gasteiger partial charge in [-0.2, -0.15) is 0 Å². The first-order valence-corrected chi connectivity index (χ1v) is 9.80. The van der Waals surface area contributed by atoms with Crippen molar-refractivity contribution in [2.75, 3.05) is 19.6 Å². The van der Waals surface area contributed by atoms with Crippen molar-refractivity contribution in [1.29, 1.82) is 0 Å². The molecule has 0 aromatic heterocycles. The predicted molar refractivity (Wildman–Crippen MR) is 100 cm³/mol. The number of benzene rings is 1. The Morgan fingerprint density at radius 1 is 1.16 bits per heavy atom. The summed E-state index contributed by atoms with van der Waals surface area (Å²) in [6.07, 6.45) is 5.90. The zero-order valence-electron chi connectivity index (χ0n) is 15.4. The molecular formula is C21H32N2O2. The fourth-order valence-electron chi connectivity index (χ4n) is 4.16. The van der Waals surface area contributed by atoms with Crippen LogP contribution in [-0.2, 0) is 11.3 Å². The molecule has 1 heterocycles. The third kappa shape index (κ3) is 5.29. The van der Waals surface area contributed by atoms with E-state index in [-0.39, 0.29) is 11.8 Å². The molecule has 1 aromatic rings. The summed E-state index contributed by atoms with van der Waals surface area (Å²) in [5.41, 5.74) is 0.636. The molecule has 2 fully saturated rings. The standard InChI is InChI=1S/C21H32N2O2/c1-17-7-11-21(25,12-8-17)16-23-13-9-19(10-14-23)20(24)22-15-18-5-3-2-4-6-18/h2-6,17,19,25H,7-16H2,1H3,(H,22,24). The first-order chi connectivity index (χ1) is 12.0. The Hall–Kier alpha value is -1.39. The van der Waals surface area contributed by atoms with Gasteiger partial charge in [0.1, 0.15) is 0 Å². The molecule has 0 unspecified atom stereocenters. The minimum atomic E-state index is -0.505. The van der Waals surface area contributed by atoms with E-state index in [0.29, 0.717) is 6.54 Å². The average Bonchev–Trinajstić information content (AvgIpc) is 2.64. The highest BCUT2D eigenvalue weighted by Crippen LogP contribution is 2.33. The molecule has 0 spiro atoms. The molecule has 1 amide bonds. The summed E-state index contributed by atoms with van der Waals surface area (Å²) in [4.78, 5) is 14.7. The van der Waals surface area contributed by atoms with E-state index >= 15 is 0 Å². The molecule has 1 aromatic carbocycles. The maximum absolute atomic E-state index is 12.4. The maximum atomic E-state index is 12.4. The summed E-state index contributed by atoms with van der Waals surface area (Å²) in [6, 6.07) is 10.1. The first-order valence-electron chi connectivity index (χ1n) is 9.80. The number of nitrogens with one attached hydrogen (secondary N) is 1. The zero-order valence-corrected chi connectivity index (χ0v) is 15.4. The SMILES string of the molecule is CC1CCC(O)(CN2CCC(C(=O)NCc3ccccc3)CC2)CC1. The molecule has 0 atom stereocenters. The number of carbonyl (C=O) groups excluding carboxylic acids is 1. The molecule has 0 radical (unpaired) electrons. The lowest BCUT2D eigenvalue weighted by molar-refractivity contribution is -0.127. The van der Waals surface area contributed by atoms with Crippen LogP contribution in [0.2, 0.25) is 0 Å². The van der Waals surface area contributed by atoms with Gasteiger partial charge in [-0.25, -0.2) is 0 Å². The number of β-amino-alcohol motifs (C(OH)–C–C–N with tert-alkyl or cyclic N) is 1. The average molecular weight is 344 g/mol. The van der Waals surface area contributed by atoms with Gasteiger partial charge in [0.25, 0.3) is 0 Å². The molecule has 2 aliphatic rings. The Morgan fingerprint density at radius 3 is 2.44 bits per heavy atom. The Morgan fingerprint density at radius 2 is 1.80 bits per heavy atom. The van der Waals surface area contributed by atoms with E-state index in [1.165, 1.54) is 0 Å². The van der Waals surface area contributed by atoms with Gasteiger partial charge >= 0.3 is 0 Å². The first kappa shape index (κ1) is 18.4. The van der Waals surface area contributed by atoms with Crippen molar-refractivity contribution < 1.29 is 9.90 Å². The number of aliphatic hydroxyl groups is 1. The summed E-state index contributed by atoms with van der Waals surface area (Å²) in [7, 11) is 0. The molecule has 1 aliphatic carbocycles. The van der Waals surface area contributed by atoms with Gasteiger partial charge < -0.3 is 15.3 Å². The van der Waals surface area contributed by atoms with Crippen LogP contribution in [-0.4, -0.2) is 41.1 Å². The van der Waals surface area contributed by atoms with Crippen LogP contribution in [0.1, 0.15) is 51.0 Å². The Bertz CT molecular complexity index is 544. The molecule has 4 nitrogen and oxygen atoms in total. The Kier molecular flexibility index (Phi) is 6.13. The molecule has 3 rings (SSSR count). The number of nitrogens with zero attached hydrogens (tertiary/aromatic N) is 1. The summed E-state index contributed by atoms with van der Waals surface area (Å²) in [6.45, 7) is 5.50. The highest BCUT2D eigenvalue weighted by atomic mass is 16.3. The van der Waals surface area contributed by atoms with E-state index < -0.39 is 5.60 Å². The largest absolute Gasteiger partial charge is 0.389 e. The normalized spacial score (nSPS) is 28.6. The zero-order chi connectivity index (χ0) is 17.7. The summed E-state index contributed by atoms with van der Waals surface area (Å²) in [5, 5.41) is 13.9. The maximum Gasteiger partial charge on any atom is 0.223 e. The third-order valence-corrected chi connectivity index (χ3v) is 5.99. The van der Waals surface area contributed by atoms with Gasteiger partial charge in [-0.05, 0) is 63.1 Å². The fraction of sp³-hybridized carbons (Fsp3) is 0.667. The highest BCUT2D eigenvalue weighted by molar-refractivity contribution is 5.78. The second kappa shape index (κ2) is 8.33. The van der Waals surface area contributed by atoms with Gasteiger partial charge in [-0.1, -0.05) is 37.3 Å². The fourth-order valence-corrected chi connectivity index (χ4v) is 4.16. The minimum absolute atomic E-state index is 0.112. The number of hydrogen-bond donors (Lipinski definition) is 2. The van der Waals surface area contributed by atoms with Gasteiger partial charge in [0, 0.05) is 19.0 Å². The van der Waals surface area contributed by atoms with Gasteiger partial charge in [-0.3, -0.25) is 4.79 Å². The van der Waals surface area contributed by atoms with Crippen molar-refractivity contribution in [2.45, 2.75) is 57.6 Å². The lowest BCUT2D eigenvalue weighted by atomic mass is 9.79. The lowest BCUT2D eigenvalue weighted by Gasteiger charge is -2.41. The summed E-state index contributed by atoms with van der Waals surface area (Å²) >= 11 is 0. The van der Waals surface area contributed by atoms with Crippen LogP contribution < -0.4 is 5.32 Å². The molecule has 1 aliphatic heterocycles. The number of hydrogen-bond acceptors (Lipinski definition) is 3. The Labute approximate surface area is 151 Å². The molecule has 25 heavy (non-hydrogen) atoms. The molecule has 4 heteroatoms. The van der Waals surface area contributed by atoms with Crippen molar-refractivity contribution in [2.24, 2.45) is 11.8 Å². The molecule has 1 saturated carbocycles. The van der Waals surface area contributed by atoms with E-state index in [0.717, 1.165) is 69.6 Å². The molecule has 138 valence electrons. The third-order valence-electron chi connectivity index (χ3n) is 5.99. The van der Waals surface area contributed by atoms with Crippen LogP contribution in [0.15, 0.2) is 30.3 Å². The van der Waals surface area contributed by atoms with E-state index in [9.17, 15) is 9.90 Å². The van der Waals surface area contributed by atoms with Crippen molar-refractivity contribution in [1.82, 2.24) is 10.2 Å². The molecular weight excluding hydrogens is 312 g/mol. The second-order valence-electron chi connectivity index (χ2n) is 8.16. The van der Waals surface area contributed by atoms with Crippen LogP contribution in [0.5, 0.6) is 0 Å². The van der Waals surface area contributed by atoms with E-state index in [4.69, 9.17) is 0 Å². The number of amides is 1. The molecule has 0 bridgehead atoms. The van der Waals surface area contributed by atoms with Crippen LogP contribution in [0.25, 0.3) is 0 Å². The molecule has 2 N–H and O–H groups in total. The smallest absolute Gasteiger partial charge is 0.223 e. The van der Waals surface area contributed by atoms with Crippen LogP contribution in [0.4, 0.5) is 0 Å². The van der Waals surface area contributed by atoms with Crippen molar-refractivity contribution in [3.63, 3.8) is 0 Å². The van der Waals surface area contributed by atoms with E-state index in [1.54, 1.807) is 0 Å². The van der Waals surface area contributed by atoms with Gasteiger partial charge in [-0.15, -0.1) is 0 Å². The number of rotatable bonds is 5. The van der Waals surface area contributed by atoms with Crippen molar-refractivity contribution in [3.05, 3.63) is 35.9 Å². The summed E-state index contributed by atoms with van der Waals surface area (Å²) in [5.74, 6) is 1.04. The van der Waals surface area contributed by atoms with E-state index in [1.807, 2.05) is 30.3 Å². The monoisotopic (exact) mass is 344 g/mol. The highest BCUT2D eigenvalue weighted by Gasteiger charge is 2.35. The second-order valence-corrected chi connectivity index (χ2v) is 8.16. The van der Waals surface area contributed by atoms with Crippen LogP contribution in [0.3, 0.4) is 0 Å².